The van der Waals surface area contributed by atoms with E-state index in [4.69, 9.17) is 4.42 Å². The molecule has 2 heterocycles. The van der Waals surface area contributed by atoms with Gasteiger partial charge in [-0.3, -0.25) is 24.3 Å². The Balaban J connectivity index is 1.70. The number of aromatic nitrogens is 2. The summed E-state index contributed by atoms with van der Waals surface area (Å²) >= 11 is 0. The first kappa shape index (κ1) is 20.8. The lowest BCUT2D eigenvalue weighted by atomic mass is 10.2. The number of rotatable bonds is 5. The van der Waals surface area contributed by atoms with Crippen LogP contribution in [0.5, 0.6) is 0 Å². The smallest absolute Gasteiger partial charge is 0.397 e. The van der Waals surface area contributed by atoms with Gasteiger partial charge in [-0.1, -0.05) is 42.5 Å². The second kappa shape index (κ2) is 8.47. The topological polar surface area (TPSA) is 120 Å². The number of nitrogens with zero attached hydrogens (tertiary/aromatic N) is 3. The zero-order valence-corrected chi connectivity index (χ0v) is 17.5. The molecule has 3 aromatic carbocycles. The van der Waals surface area contributed by atoms with Gasteiger partial charge in [-0.15, -0.1) is 0 Å². The van der Waals surface area contributed by atoms with Crippen LogP contribution in [0.15, 0.2) is 95.4 Å². The third-order valence-electron chi connectivity index (χ3n) is 5.18. The summed E-state index contributed by atoms with van der Waals surface area (Å²) in [7, 11) is 0. The fraction of sp³-hybridized carbons (Fsp3) is 0. The van der Waals surface area contributed by atoms with Crippen LogP contribution in [-0.4, -0.2) is 26.3 Å². The number of nitrogens with one attached hydrogen (secondary N) is 1. The number of furan rings is 1. The lowest BCUT2D eigenvalue weighted by molar-refractivity contribution is -0.401. The van der Waals surface area contributed by atoms with Crippen LogP contribution in [-0.2, 0) is 0 Å². The van der Waals surface area contributed by atoms with Gasteiger partial charge in [0.1, 0.15) is 10.4 Å². The van der Waals surface area contributed by atoms with E-state index < -0.39 is 16.7 Å². The van der Waals surface area contributed by atoms with Gasteiger partial charge in [0.2, 0.25) is 0 Å². The van der Waals surface area contributed by atoms with Crippen LogP contribution in [0.2, 0.25) is 0 Å². The minimum atomic E-state index is -0.666. The van der Waals surface area contributed by atoms with Gasteiger partial charge in [0.05, 0.1) is 17.3 Å². The average molecular weight is 452 g/mol. The number of para-hydroxylation sites is 1. The van der Waals surface area contributed by atoms with Crippen molar-refractivity contribution in [1.82, 2.24) is 9.55 Å². The van der Waals surface area contributed by atoms with Crippen LogP contribution in [0.3, 0.4) is 0 Å². The van der Waals surface area contributed by atoms with Crippen molar-refractivity contribution in [2.24, 2.45) is 0 Å². The molecule has 0 saturated heterocycles. The predicted octanol–water partition coefficient (Wildman–Crippen LogP) is 5.15. The number of carbonyl (C=O) groups is 2. The number of anilines is 1. The van der Waals surface area contributed by atoms with E-state index in [2.05, 4.69) is 10.3 Å². The standard InChI is InChI=1S/C25H16N4O5/c30-24(16-8-3-1-4-9-16)27-19-13-7-12-18-22(19)28(25(31)17-10-5-2-6-11-17)23(26-18)20-14-15-21(34-20)29(32)33/h1-15H,(H,27,30). The summed E-state index contributed by atoms with van der Waals surface area (Å²) in [5.74, 6) is -1.13. The largest absolute Gasteiger partial charge is 0.433 e. The van der Waals surface area contributed by atoms with Crippen LogP contribution in [0.25, 0.3) is 22.6 Å². The van der Waals surface area contributed by atoms with E-state index in [9.17, 15) is 19.7 Å². The molecule has 0 unspecified atom stereocenters. The molecule has 5 aromatic rings. The van der Waals surface area contributed by atoms with Gasteiger partial charge in [-0.2, -0.15) is 0 Å². The van der Waals surface area contributed by atoms with Gasteiger partial charge < -0.3 is 9.73 Å². The maximum absolute atomic E-state index is 13.6. The molecular formula is C25H16N4O5. The van der Waals surface area contributed by atoms with Gasteiger partial charge in [-0.25, -0.2) is 4.98 Å². The summed E-state index contributed by atoms with van der Waals surface area (Å²) in [6, 6.07) is 24.8. The van der Waals surface area contributed by atoms with Crippen LogP contribution < -0.4 is 5.32 Å². The summed E-state index contributed by atoms with van der Waals surface area (Å²) in [5.41, 5.74) is 1.92. The van der Waals surface area contributed by atoms with Crippen molar-refractivity contribution >= 4 is 34.4 Å². The molecule has 0 fully saturated rings. The molecule has 1 amide bonds. The maximum atomic E-state index is 13.6. The minimum absolute atomic E-state index is 0.0486. The molecule has 166 valence electrons. The van der Waals surface area contributed by atoms with Crippen molar-refractivity contribution in [3.63, 3.8) is 0 Å². The van der Waals surface area contributed by atoms with E-state index in [-0.39, 0.29) is 17.5 Å². The number of imidazole rings is 1. The van der Waals surface area contributed by atoms with Crippen LogP contribution >= 0.6 is 0 Å². The number of amides is 1. The van der Waals surface area contributed by atoms with E-state index >= 15 is 0 Å². The molecule has 0 aliphatic carbocycles. The molecule has 0 aliphatic rings. The molecule has 2 aromatic heterocycles. The van der Waals surface area contributed by atoms with Crippen LogP contribution in [0, 0.1) is 10.1 Å². The molecule has 34 heavy (non-hydrogen) atoms. The first-order valence-corrected chi connectivity index (χ1v) is 10.2. The fourth-order valence-corrected chi connectivity index (χ4v) is 3.63. The van der Waals surface area contributed by atoms with Crippen molar-refractivity contribution in [3.8, 4) is 11.6 Å². The molecule has 1 N–H and O–H groups in total. The molecule has 0 spiro atoms. The molecule has 0 radical (unpaired) electrons. The summed E-state index contributed by atoms with van der Waals surface area (Å²) in [6.07, 6.45) is 0. The monoisotopic (exact) mass is 452 g/mol. The third kappa shape index (κ3) is 3.71. The number of nitro groups is 1. The zero-order valence-electron chi connectivity index (χ0n) is 17.5. The molecule has 0 saturated carbocycles. The predicted molar refractivity (Wildman–Crippen MR) is 125 cm³/mol. The number of hydrogen-bond donors (Lipinski definition) is 1. The van der Waals surface area contributed by atoms with Crippen LogP contribution in [0.1, 0.15) is 20.7 Å². The molecule has 9 nitrogen and oxygen atoms in total. The number of hydrogen-bond acceptors (Lipinski definition) is 6. The summed E-state index contributed by atoms with van der Waals surface area (Å²) in [4.78, 5) is 41.4. The highest BCUT2D eigenvalue weighted by atomic mass is 16.6. The van der Waals surface area contributed by atoms with Crippen molar-refractivity contribution in [1.29, 1.82) is 0 Å². The van der Waals surface area contributed by atoms with Crippen molar-refractivity contribution in [2.75, 3.05) is 5.32 Å². The highest BCUT2D eigenvalue weighted by molar-refractivity contribution is 6.12. The number of benzene rings is 3. The minimum Gasteiger partial charge on any atom is -0.397 e. The Morgan fingerprint density at radius 1 is 0.853 bits per heavy atom. The molecule has 0 aliphatic heterocycles. The van der Waals surface area contributed by atoms with Gasteiger partial charge in [0.25, 0.3) is 11.8 Å². The molecule has 0 bridgehead atoms. The van der Waals surface area contributed by atoms with E-state index in [1.54, 1.807) is 78.9 Å². The Labute approximate surface area is 192 Å². The Bertz CT molecular complexity index is 1540. The normalized spacial score (nSPS) is 10.8. The van der Waals surface area contributed by atoms with Crippen LogP contribution in [0.4, 0.5) is 11.6 Å². The number of fused-ring (bicyclic) bond motifs is 1. The fourth-order valence-electron chi connectivity index (χ4n) is 3.63. The maximum Gasteiger partial charge on any atom is 0.433 e. The zero-order chi connectivity index (χ0) is 23.7. The molecule has 0 atom stereocenters. The van der Waals surface area contributed by atoms with Gasteiger partial charge >= 0.3 is 5.88 Å². The van der Waals surface area contributed by atoms with Gasteiger partial charge in [0, 0.05) is 11.1 Å². The van der Waals surface area contributed by atoms with Crippen molar-refractivity contribution < 1.29 is 18.9 Å². The summed E-state index contributed by atoms with van der Waals surface area (Å²) in [6.45, 7) is 0. The SMILES string of the molecule is O=C(Nc1cccc2nc(-c3ccc([N+](=O)[O-])o3)n(C(=O)c3ccccc3)c12)c1ccccc1. The van der Waals surface area contributed by atoms with Crippen molar-refractivity contribution in [3.05, 3.63) is 112 Å². The first-order valence-electron chi connectivity index (χ1n) is 10.2. The Kier molecular flexibility index (Phi) is 5.19. The Hall–Kier alpha value is -5.05. The second-order valence-corrected chi connectivity index (χ2v) is 7.33. The van der Waals surface area contributed by atoms with Crippen molar-refractivity contribution in [2.45, 2.75) is 0 Å². The van der Waals surface area contributed by atoms with E-state index in [1.165, 1.54) is 16.7 Å². The van der Waals surface area contributed by atoms with E-state index in [0.717, 1.165) is 0 Å². The highest BCUT2D eigenvalue weighted by Crippen LogP contribution is 2.33. The highest BCUT2D eigenvalue weighted by Gasteiger charge is 2.25. The number of carbonyl (C=O) groups excluding carboxylic acids is 2. The van der Waals surface area contributed by atoms with E-state index in [1.807, 2.05) is 0 Å². The first-order chi connectivity index (χ1) is 16.5. The second-order valence-electron chi connectivity index (χ2n) is 7.33. The summed E-state index contributed by atoms with van der Waals surface area (Å²) in [5, 5.41) is 14.0. The molecule has 5 rings (SSSR count). The average Bonchev–Trinajstić information content (AvgIpc) is 3.50. The van der Waals surface area contributed by atoms with Gasteiger partial charge in [0.15, 0.2) is 11.6 Å². The lowest BCUT2D eigenvalue weighted by Crippen LogP contribution is -2.16. The third-order valence-corrected chi connectivity index (χ3v) is 5.18. The van der Waals surface area contributed by atoms with E-state index in [0.29, 0.717) is 27.8 Å². The Morgan fingerprint density at radius 3 is 2.18 bits per heavy atom. The lowest BCUT2D eigenvalue weighted by Gasteiger charge is -2.11. The summed E-state index contributed by atoms with van der Waals surface area (Å²) < 4.78 is 6.66. The quantitative estimate of drug-likeness (QED) is 0.291. The Morgan fingerprint density at radius 2 is 1.53 bits per heavy atom. The molecular weight excluding hydrogens is 436 g/mol. The van der Waals surface area contributed by atoms with Gasteiger partial charge in [-0.05, 0) is 42.5 Å². The molecule has 9 heteroatoms.